The SMILES string of the molecule is C/C(=C\N=C(N)C(F)(F)F)c1cc(CNC(=O)OC(C)(C)C)c(CO)cn1. The topological polar surface area (TPSA) is 110 Å². The Kier molecular flexibility index (Phi) is 7.35. The number of amidine groups is 1. The van der Waals surface area contributed by atoms with Crippen LogP contribution in [-0.2, 0) is 17.9 Å². The van der Waals surface area contributed by atoms with Gasteiger partial charge in [0.1, 0.15) is 5.60 Å². The summed E-state index contributed by atoms with van der Waals surface area (Å²) in [6, 6.07) is 1.54. The number of rotatable bonds is 5. The monoisotopic (exact) mass is 388 g/mol. The van der Waals surface area contributed by atoms with E-state index in [0.29, 0.717) is 22.4 Å². The number of carbonyl (C=O) groups excluding carboxylic acids is 1. The standard InChI is InChI=1S/C17H23F3N4O3/c1-10(6-23-14(21)17(18,19)20)13-5-11(12(9-25)8-22-13)7-24-15(26)27-16(2,3)4/h5-6,8,25H,7,9H2,1-4H3,(H2,21,23)(H,24,26)/b10-6+. The summed E-state index contributed by atoms with van der Waals surface area (Å²) >= 11 is 0. The lowest BCUT2D eigenvalue weighted by molar-refractivity contribution is -0.0598. The Morgan fingerprint density at radius 2 is 2.00 bits per heavy atom. The Morgan fingerprint density at radius 3 is 2.52 bits per heavy atom. The molecule has 150 valence electrons. The molecule has 1 heterocycles. The third-order valence-electron chi connectivity index (χ3n) is 3.17. The van der Waals surface area contributed by atoms with Crippen LogP contribution >= 0.6 is 0 Å². The predicted molar refractivity (Wildman–Crippen MR) is 94.6 cm³/mol. The van der Waals surface area contributed by atoms with E-state index < -0.39 is 23.7 Å². The highest BCUT2D eigenvalue weighted by atomic mass is 19.4. The van der Waals surface area contributed by atoms with Gasteiger partial charge in [0.15, 0.2) is 0 Å². The Balaban J connectivity index is 3.00. The largest absolute Gasteiger partial charge is 0.448 e. The first kappa shape index (κ1) is 22.4. The second kappa shape index (κ2) is 8.85. The first-order valence-electron chi connectivity index (χ1n) is 7.96. The van der Waals surface area contributed by atoms with Gasteiger partial charge in [0.2, 0.25) is 5.84 Å². The van der Waals surface area contributed by atoms with Crippen LogP contribution in [0.1, 0.15) is 44.5 Å². The van der Waals surface area contributed by atoms with Gasteiger partial charge in [-0.2, -0.15) is 13.2 Å². The number of nitrogens with zero attached hydrogens (tertiary/aromatic N) is 2. The smallest absolute Gasteiger partial charge is 0.444 e. The lowest BCUT2D eigenvalue weighted by Gasteiger charge is -2.20. The zero-order valence-corrected chi connectivity index (χ0v) is 15.5. The number of allylic oxidation sites excluding steroid dienone is 1. The molecule has 0 radical (unpaired) electrons. The zero-order chi connectivity index (χ0) is 20.8. The molecule has 0 bridgehead atoms. The molecule has 0 aliphatic carbocycles. The number of hydrogen-bond donors (Lipinski definition) is 3. The van der Waals surface area contributed by atoms with Crippen LogP contribution in [0.2, 0.25) is 0 Å². The summed E-state index contributed by atoms with van der Waals surface area (Å²) in [7, 11) is 0. The average molecular weight is 388 g/mol. The Labute approximate surface area is 155 Å². The number of aromatic nitrogens is 1. The highest BCUT2D eigenvalue weighted by Crippen LogP contribution is 2.18. The molecule has 0 aliphatic rings. The van der Waals surface area contributed by atoms with Crippen molar-refractivity contribution in [2.75, 3.05) is 0 Å². The van der Waals surface area contributed by atoms with Gasteiger partial charge in [-0.3, -0.25) is 4.98 Å². The minimum absolute atomic E-state index is 0.0432. The fourth-order valence-electron chi connectivity index (χ4n) is 1.84. The van der Waals surface area contributed by atoms with E-state index in [4.69, 9.17) is 10.5 Å². The maximum atomic E-state index is 12.4. The number of alkyl halides is 3. The van der Waals surface area contributed by atoms with Gasteiger partial charge in [-0.25, -0.2) is 9.79 Å². The number of halogens is 3. The second-order valence-corrected chi connectivity index (χ2v) is 6.68. The number of nitrogens with one attached hydrogen (secondary N) is 1. The molecule has 0 aromatic carbocycles. The number of ether oxygens (including phenoxy) is 1. The van der Waals surface area contributed by atoms with Crippen LogP contribution in [0.15, 0.2) is 23.5 Å². The molecule has 0 saturated heterocycles. The van der Waals surface area contributed by atoms with Gasteiger partial charge < -0.3 is 20.9 Å². The fourth-order valence-corrected chi connectivity index (χ4v) is 1.84. The Bertz CT molecular complexity index is 738. The van der Waals surface area contributed by atoms with Gasteiger partial charge in [-0.15, -0.1) is 0 Å². The summed E-state index contributed by atoms with van der Waals surface area (Å²) in [4.78, 5) is 19.0. The van der Waals surface area contributed by atoms with Gasteiger partial charge in [0.25, 0.3) is 0 Å². The lowest BCUT2D eigenvalue weighted by Crippen LogP contribution is -2.32. The summed E-state index contributed by atoms with van der Waals surface area (Å²) in [5.74, 6) is -1.47. The molecule has 1 rings (SSSR count). The van der Waals surface area contributed by atoms with Crippen LogP contribution in [0.5, 0.6) is 0 Å². The Hall–Kier alpha value is -2.62. The van der Waals surface area contributed by atoms with Crippen molar-refractivity contribution < 1.29 is 27.8 Å². The average Bonchev–Trinajstić information content (AvgIpc) is 2.54. The molecule has 0 fully saturated rings. The van der Waals surface area contributed by atoms with E-state index in [1.54, 1.807) is 20.8 Å². The minimum Gasteiger partial charge on any atom is -0.444 e. The molecular formula is C17H23F3N4O3. The maximum Gasteiger partial charge on any atom is 0.448 e. The van der Waals surface area contributed by atoms with Gasteiger partial charge in [0, 0.05) is 24.5 Å². The summed E-state index contributed by atoms with van der Waals surface area (Å²) < 4.78 is 42.3. The zero-order valence-electron chi connectivity index (χ0n) is 15.5. The van der Waals surface area contributed by atoms with Gasteiger partial charge in [0.05, 0.1) is 12.3 Å². The molecule has 7 nitrogen and oxygen atoms in total. The number of aliphatic hydroxyl groups excluding tert-OH is 1. The van der Waals surface area contributed by atoms with E-state index in [1.165, 1.54) is 19.2 Å². The number of hydrogen-bond acceptors (Lipinski definition) is 5. The van der Waals surface area contributed by atoms with Crippen molar-refractivity contribution in [1.82, 2.24) is 10.3 Å². The lowest BCUT2D eigenvalue weighted by atomic mass is 10.1. The molecule has 4 N–H and O–H groups in total. The third-order valence-corrected chi connectivity index (χ3v) is 3.17. The number of amides is 1. The van der Waals surface area contributed by atoms with Crippen molar-refractivity contribution in [3.8, 4) is 0 Å². The first-order chi connectivity index (χ1) is 12.3. The summed E-state index contributed by atoms with van der Waals surface area (Å²) in [5.41, 5.74) is 5.83. The minimum atomic E-state index is -4.71. The van der Waals surface area contributed by atoms with Crippen LogP contribution in [0.3, 0.4) is 0 Å². The van der Waals surface area contributed by atoms with E-state index in [9.17, 15) is 23.1 Å². The summed E-state index contributed by atoms with van der Waals surface area (Å²) in [6.45, 7) is 6.40. The number of carbonyl (C=O) groups is 1. The van der Waals surface area contributed by atoms with Crippen LogP contribution in [-0.4, -0.2) is 33.8 Å². The fraction of sp³-hybridized carbons (Fsp3) is 0.471. The molecule has 0 unspecified atom stereocenters. The van der Waals surface area contributed by atoms with Crippen LogP contribution in [0.4, 0.5) is 18.0 Å². The quantitative estimate of drug-likeness (QED) is 0.531. The molecule has 1 aromatic rings. The molecular weight excluding hydrogens is 365 g/mol. The Morgan fingerprint density at radius 1 is 1.37 bits per heavy atom. The van der Waals surface area contributed by atoms with Crippen molar-refractivity contribution in [3.63, 3.8) is 0 Å². The highest BCUT2D eigenvalue weighted by molar-refractivity contribution is 5.86. The predicted octanol–water partition coefficient (Wildman–Crippen LogP) is 2.88. The molecule has 1 amide bonds. The third kappa shape index (κ3) is 7.65. The molecule has 27 heavy (non-hydrogen) atoms. The second-order valence-electron chi connectivity index (χ2n) is 6.68. The van der Waals surface area contributed by atoms with Crippen molar-refractivity contribution in [2.24, 2.45) is 10.7 Å². The number of alkyl carbamates (subject to hydrolysis) is 1. The van der Waals surface area contributed by atoms with Crippen LogP contribution < -0.4 is 11.1 Å². The van der Waals surface area contributed by atoms with E-state index in [-0.39, 0.29) is 13.2 Å². The highest BCUT2D eigenvalue weighted by Gasteiger charge is 2.33. The van der Waals surface area contributed by atoms with Gasteiger partial charge in [-0.05, 0) is 44.9 Å². The molecule has 0 spiro atoms. The van der Waals surface area contributed by atoms with Crippen molar-refractivity contribution in [1.29, 1.82) is 0 Å². The summed E-state index contributed by atoms with van der Waals surface area (Å²) in [5, 5.41) is 12.0. The number of nitrogens with two attached hydrogens (primary N) is 1. The van der Waals surface area contributed by atoms with E-state index in [2.05, 4.69) is 15.3 Å². The van der Waals surface area contributed by atoms with Crippen LogP contribution in [0.25, 0.3) is 5.57 Å². The van der Waals surface area contributed by atoms with E-state index in [0.717, 1.165) is 6.20 Å². The summed E-state index contributed by atoms with van der Waals surface area (Å²) in [6.07, 6.45) is -3.03. The van der Waals surface area contributed by atoms with Crippen LogP contribution in [0, 0.1) is 0 Å². The van der Waals surface area contributed by atoms with Gasteiger partial charge in [-0.1, -0.05) is 0 Å². The maximum absolute atomic E-state index is 12.4. The normalized spacial score (nSPS) is 13.5. The molecule has 1 aromatic heterocycles. The first-order valence-corrected chi connectivity index (χ1v) is 7.96. The molecule has 0 saturated carbocycles. The number of aliphatic hydroxyl groups is 1. The van der Waals surface area contributed by atoms with Gasteiger partial charge >= 0.3 is 12.3 Å². The van der Waals surface area contributed by atoms with Crippen molar-refractivity contribution in [3.05, 3.63) is 35.3 Å². The van der Waals surface area contributed by atoms with E-state index >= 15 is 0 Å². The number of pyridine rings is 1. The molecule has 10 heteroatoms. The molecule has 0 aliphatic heterocycles. The molecule has 0 atom stereocenters. The number of aliphatic imine (C=N–C) groups is 1. The van der Waals surface area contributed by atoms with Crippen molar-refractivity contribution in [2.45, 2.75) is 52.6 Å². The van der Waals surface area contributed by atoms with Crippen molar-refractivity contribution >= 4 is 17.5 Å². The van der Waals surface area contributed by atoms with E-state index in [1.807, 2.05) is 0 Å².